The lowest BCUT2D eigenvalue weighted by Gasteiger charge is -2.27. The highest BCUT2D eigenvalue weighted by molar-refractivity contribution is 8.00. The number of ether oxygens (including phenoxy) is 2. The standard InChI is InChI=1S/C26H32N4O3S/c1-29(2)25(31)23(18-11-7-5-8-12-18)34-26-28-27-24(30(26)20-13-9-6-10-14-20)19-15-16-21(32-3)22(17-19)33-4/h5,7-8,11-12,15-17,20,23H,6,9-10,13-14H2,1-4H3. The van der Waals surface area contributed by atoms with E-state index in [0.717, 1.165) is 34.9 Å². The van der Waals surface area contributed by atoms with Gasteiger partial charge in [-0.25, -0.2) is 0 Å². The van der Waals surface area contributed by atoms with Gasteiger partial charge in [0, 0.05) is 25.7 Å². The molecule has 0 N–H and O–H groups in total. The van der Waals surface area contributed by atoms with Crippen molar-refractivity contribution in [3.05, 3.63) is 54.1 Å². The summed E-state index contributed by atoms with van der Waals surface area (Å²) in [5, 5.41) is 9.58. The van der Waals surface area contributed by atoms with Gasteiger partial charge in [0.25, 0.3) is 0 Å². The summed E-state index contributed by atoms with van der Waals surface area (Å²) in [6, 6.07) is 16.0. The number of amides is 1. The van der Waals surface area contributed by atoms with Gasteiger partial charge in [-0.15, -0.1) is 10.2 Å². The molecule has 1 amide bonds. The van der Waals surface area contributed by atoms with Crippen LogP contribution >= 0.6 is 11.8 Å². The van der Waals surface area contributed by atoms with E-state index < -0.39 is 5.25 Å². The zero-order valence-electron chi connectivity index (χ0n) is 20.2. The van der Waals surface area contributed by atoms with E-state index in [1.165, 1.54) is 31.0 Å². The maximum absolute atomic E-state index is 13.2. The summed E-state index contributed by atoms with van der Waals surface area (Å²) in [5.74, 6) is 2.14. The lowest BCUT2D eigenvalue weighted by Crippen LogP contribution is -2.27. The number of aromatic nitrogens is 3. The minimum atomic E-state index is -0.402. The van der Waals surface area contributed by atoms with Crippen LogP contribution in [0.5, 0.6) is 11.5 Å². The molecule has 1 aromatic heterocycles. The molecule has 1 unspecified atom stereocenters. The second kappa shape index (κ2) is 11.0. The van der Waals surface area contributed by atoms with Crippen LogP contribution in [0.3, 0.4) is 0 Å². The van der Waals surface area contributed by atoms with Crippen LogP contribution in [0.25, 0.3) is 11.4 Å². The monoisotopic (exact) mass is 480 g/mol. The van der Waals surface area contributed by atoms with Gasteiger partial charge in [0.05, 0.1) is 14.2 Å². The van der Waals surface area contributed by atoms with Crippen LogP contribution in [0.2, 0.25) is 0 Å². The molecular formula is C26H32N4O3S. The molecule has 34 heavy (non-hydrogen) atoms. The lowest BCUT2D eigenvalue weighted by molar-refractivity contribution is -0.128. The molecule has 4 rings (SSSR count). The Morgan fingerprint density at radius 1 is 1.00 bits per heavy atom. The molecule has 1 aliphatic carbocycles. The van der Waals surface area contributed by atoms with E-state index in [1.54, 1.807) is 33.2 Å². The van der Waals surface area contributed by atoms with Crippen LogP contribution < -0.4 is 9.47 Å². The zero-order valence-corrected chi connectivity index (χ0v) is 21.0. The first kappa shape index (κ1) is 24.1. The Balaban J connectivity index is 1.78. The smallest absolute Gasteiger partial charge is 0.240 e. The number of rotatable bonds is 8. The Morgan fingerprint density at radius 3 is 2.35 bits per heavy atom. The molecule has 0 spiro atoms. The minimum Gasteiger partial charge on any atom is -0.493 e. The third kappa shape index (κ3) is 5.06. The number of likely N-dealkylation sites (N-methyl/N-ethyl adjacent to an activating group) is 1. The van der Waals surface area contributed by atoms with Gasteiger partial charge in [0.2, 0.25) is 5.91 Å². The molecule has 1 saturated carbocycles. The van der Waals surface area contributed by atoms with E-state index in [1.807, 2.05) is 48.5 Å². The first-order chi connectivity index (χ1) is 16.5. The van der Waals surface area contributed by atoms with E-state index >= 15 is 0 Å². The molecule has 1 heterocycles. The van der Waals surface area contributed by atoms with Crippen LogP contribution in [0.4, 0.5) is 0 Å². The number of benzene rings is 2. The molecule has 1 atom stereocenters. The molecule has 3 aromatic rings. The summed E-state index contributed by atoms with van der Waals surface area (Å²) in [5.41, 5.74) is 1.87. The molecule has 2 aromatic carbocycles. The maximum Gasteiger partial charge on any atom is 0.240 e. The quantitative estimate of drug-likeness (QED) is 0.403. The van der Waals surface area contributed by atoms with Crippen LogP contribution in [0, 0.1) is 0 Å². The second-order valence-electron chi connectivity index (χ2n) is 8.68. The van der Waals surface area contributed by atoms with Crippen molar-refractivity contribution in [1.29, 1.82) is 0 Å². The number of carbonyl (C=O) groups excluding carboxylic acids is 1. The van der Waals surface area contributed by atoms with Gasteiger partial charge in [0.15, 0.2) is 22.5 Å². The summed E-state index contributed by atoms with van der Waals surface area (Å²) >= 11 is 1.47. The SMILES string of the molecule is COc1ccc(-c2nnc(SC(C(=O)N(C)C)c3ccccc3)n2C2CCCCC2)cc1OC. The van der Waals surface area contributed by atoms with Crippen LogP contribution in [-0.4, -0.2) is 53.9 Å². The Labute approximate surface area is 205 Å². The lowest BCUT2D eigenvalue weighted by atomic mass is 9.95. The minimum absolute atomic E-state index is 0.0297. The van der Waals surface area contributed by atoms with Crippen molar-refractivity contribution >= 4 is 17.7 Å². The topological polar surface area (TPSA) is 69.5 Å². The number of methoxy groups -OCH3 is 2. The zero-order chi connectivity index (χ0) is 24.1. The molecule has 0 bridgehead atoms. The third-order valence-electron chi connectivity index (χ3n) is 6.24. The highest BCUT2D eigenvalue weighted by Crippen LogP contribution is 2.42. The van der Waals surface area contributed by atoms with E-state index in [0.29, 0.717) is 17.5 Å². The van der Waals surface area contributed by atoms with E-state index in [4.69, 9.17) is 9.47 Å². The van der Waals surface area contributed by atoms with Crippen LogP contribution in [0.15, 0.2) is 53.7 Å². The van der Waals surface area contributed by atoms with E-state index in [9.17, 15) is 4.79 Å². The number of carbonyl (C=O) groups is 1. The Morgan fingerprint density at radius 2 is 1.71 bits per heavy atom. The van der Waals surface area contributed by atoms with Gasteiger partial charge in [-0.1, -0.05) is 61.4 Å². The molecule has 1 fully saturated rings. The fraction of sp³-hybridized carbons (Fsp3) is 0.423. The molecule has 8 heteroatoms. The van der Waals surface area contributed by atoms with Gasteiger partial charge < -0.3 is 14.4 Å². The highest BCUT2D eigenvalue weighted by atomic mass is 32.2. The van der Waals surface area contributed by atoms with Gasteiger partial charge in [0.1, 0.15) is 5.25 Å². The van der Waals surface area contributed by atoms with Crippen molar-refractivity contribution in [1.82, 2.24) is 19.7 Å². The predicted molar refractivity (Wildman–Crippen MR) is 134 cm³/mol. The Kier molecular flexibility index (Phi) is 7.77. The first-order valence-corrected chi connectivity index (χ1v) is 12.5. The van der Waals surface area contributed by atoms with Crippen molar-refractivity contribution in [3.63, 3.8) is 0 Å². The third-order valence-corrected chi connectivity index (χ3v) is 7.44. The normalized spacial score (nSPS) is 15.1. The van der Waals surface area contributed by atoms with Gasteiger partial charge in [-0.3, -0.25) is 9.36 Å². The van der Waals surface area contributed by atoms with Crippen molar-refractivity contribution in [3.8, 4) is 22.9 Å². The van der Waals surface area contributed by atoms with Crippen LogP contribution in [0.1, 0.15) is 49.0 Å². The highest BCUT2D eigenvalue weighted by Gasteiger charge is 2.30. The summed E-state index contributed by atoms with van der Waals surface area (Å²) in [4.78, 5) is 14.8. The Hall–Kier alpha value is -3.00. The fourth-order valence-corrected chi connectivity index (χ4v) is 5.68. The van der Waals surface area contributed by atoms with E-state index in [-0.39, 0.29) is 5.91 Å². The molecule has 7 nitrogen and oxygen atoms in total. The van der Waals surface area contributed by atoms with E-state index in [2.05, 4.69) is 14.8 Å². The van der Waals surface area contributed by atoms with Crippen molar-refractivity contribution in [2.24, 2.45) is 0 Å². The Bertz CT molecular complexity index is 1110. The van der Waals surface area contributed by atoms with Crippen molar-refractivity contribution < 1.29 is 14.3 Å². The summed E-state index contributed by atoms with van der Waals surface area (Å²) < 4.78 is 13.2. The molecule has 1 aliphatic rings. The average molecular weight is 481 g/mol. The van der Waals surface area contributed by atoms with Gasteiger partial charge in [-0.05, 0) is 36.6 Å². The number of nitrogens with zero attached hydrogens (tertiary/aromatic N) is 4. The number of thioether (sulfide) groups is 1. The molecule has 0 saturated heterocycles. The largest absolute Gasteiger partial charge is 0.493 e. The van der Waals surface area contributed by atoms with Gasteiger partial charge in [-0.2, -0.15) is 0 Å². The average Bonchev–Trinajstić information content (AvgIpc) is 3.31. The fourth-order valence-electron chi connectivity index (χ4n) is 4.43. The molecule has 0 radical (unpaired) electrons. The maximum atomic E-state index is 13.2. The second-order valence-corrected chi connectivity index (χ2v) is 9.75. The first-order valence-electron chi connectivity index (χ1n) is 11.6. The summed E-state index contributed by atoms with van der Waals surface area (Å²) in [7, 11) is 6.84. The molecular weight excluding hydrogens is 448 g/mol. The summed E-state index contributed by atoms with van der Waals surface area (Å²) in [6.07, 6.45) is 5.75. The predicted octanol–water partition coefficient (Wildman–Crippen LogP) is 5.39. The molecule has 180 valence electrons. The summed E-state index contributed by atoms with van der Waals surface area (Å²) in [6.45, 7) is 0. The molecule has 0 aliphatic heterocycles. The number of hydrogen-bond donors (Lipinski definition) is 0. The van der Waals surface area contributed by atoms with Gasteiger partial charge >= 0.3 is 0 Å². The number of hydrogen-bond acceptors (Lipinski definition) is 6. The van der Waals surface area contributed by atoms with Crippen molar-refractivity contribution in [2.45, 2.75) is 48.6 Å². The van der Waals surface area contributed by atoms with Crippen molar-refractivity contribution in [2.75, 3.05) is 28.3 Å². The van der Waals surface area contributed by atoms with Crippen LogP contribution in [-0.2, 0) is 4.79 Å².